The van der Waals surface area contributed by atoms with Crippen LogP contribution in [0.1, 0.15) is 67.8 Å². The van der Waals surface area contributed by atoms with Gasteiger partial charge in [0.1, 0.15) is 23.4 Å². The molecule has 3 N–H and O–H groups in total. The van der Waals surface area contributed by atoms with Crippen molar-refractivity contribution in [3.8, 4) is 5.75 Å². The quantitative estimate of drug-likeness (QED) is 0.319. The van der Waals surface area contributed by atoms with Crippen molar-refractivity contribution in [3.63, 3.8) is 0 Å². The molecule has 4 rings (SSSR count). The Hall–Kier alpha value is -3.73. The lowest BCUT2D eigenvalue weighted by Gasteiger charge is -2.26. The highest BCUT2D eigenvalue weighted by Gasteiger charge is 2.50. The Morgan fingerprint density at radius 3 is 2.27 bits per heavy atom. The molecule has 11 heteroatoms. The summed E-state index contributed by atoms with van der Waals surface area (Å²) in [5.74, 6) is -0.796. The summed E-state index contributed by atoms with van der Waals surface area (Å²) >= 11 is 0. The number of aromatic nitrogens is 1. The maximum Gasteiger partial charge on any atom is 0.290 e. The van der Waals surface area contributed by atoms with Gasteiger partial charge in [-0.3, -0.25) is 19.2 Å². The van der Waals surface area contributed by atoms with Crippen LogP contribution in [0.25, 0.3) is 0 Å². The Bertz CT molecular complexity index is 1220. The van der Waals surface area contributed by atoms with E-state index in [2.05, 4.69) is 21.1 Å². The zero-order valence-corrected chi connectivity index (χ0v) is 23.5. The lowest BCUT2D eigenvalue weighted by Crippen LogP contribution is -2.57. The van der Waals surface area contributed by atoms with Crippen LogP contribution in [0.15, 0.2) is 34.9 Å². The lowest BCUT2D eigenvalue weighted by molar-refractivity contribution is -0.133. The number of methoxy groups -OCH3 is 1. The first-order valence-corrected chi connectivity index (χ1v) is 13.7. The van der Waals surface area contributed by atoms with Gasteiger partial charge in [-0.25, -0.2) is 0 Å². The van der Waals surface area contributed by atoms with Gasteiger partial charge in [-0.15, -0.1) is 0 Å². The van der Waals surface area contributed by atoms with E-state index in [1.165, 1.54) is 13.0 Å². The molecule has 1 aliphatic heterocycles. The molecule has 1 aromatic carbocycles. The number of epoxide rings is 1. The molecule has 4 unspecified atom stereocenters. The van der Waals surface area contributed by atoms with Gasteiger partial charge in [0.25, 0.3) is 5.91 Å². The van der Waals surface area contributed by atoms with E-state index in [1.54, 1.807) is 33.1 Å². The molecule has 2 fully saturated rings. The molecule has 2 heterocycles. The van der Waals surface area contributed by atoms with Gasteiger partial charge in [0.2, 0.25) is 17.6 Å². The normalized spacial score (nSPS) is 20.7. The predicted molar refractivity (Wildman–Crippen MR) is 145 cm³/mol. The van der Waals surface area contributed by atoms with Gasteiger partial charge in [0.15, 0.2) is 5.78 Å². The van der Waals surface area contributed by atoms with Crippen molar-refractivity contribution >= 4 is 23.5 Å². The van der Waals surface area contributed by atoms with Crippen molar-refractivity contribution < 1.29 is 33.2 Å². The van der Waals surface area contributed by atoms with Crippen LogP contribution < -0.4 is 20.7 Å². The Morgan fingerprint density at radius 1 is 1.05 bits per heavy atom. The number of hydrogen-bond donors (Lipinski definition) is 3. The number of carbonyl (C=O) groups is 4. The van der Waals surface area contributed by atoms with Crippen molar-refractivity contribution in [2.24, 2.45) is 5.92 Å². The Balaban J connectivity index is 1.48. The maximum atomic E-state index is 13.7. The SMILES string of the molecule is COc1ccc(CC(NC(=O)C(C)NC(=O)c2cc(C)no2)C(=O)NC(CC2CCCC2)C(=O)C2(C)CO2)cc1. The minimum atomic E-state index is -1.00. The van der Waals surface area contributed by atoms with Crippen LogP contribution in [0.4, 0.5) is 0 Å². The summed E-state index contributed by atoms with van der Waals surface area (Å²) in [4.78, 5) is 52.5. The van der Waals surface area contributed by atoms with Crippen LogP contribution in [0.5, 0.6) is 5.75 Å². The van der Waals surface area contributed by atoms with Crippen LogP contribution in [0.2, 0.25) is 0 Å². The predicted octanol–water partition coefficient (Wildman–Crippen LogP) is 2.26. The molecule has 11 nitrogen and oxygen atoms in total. The highest BCUT2D eigenvalue weighted by Crippen LogP contribution is 2.33. The summed E-state index contributed by atoms with van der Waals surface area (Å²) < 4.78 is 15.6. The first-order chi connectivity index (χ1) is 19.1. The molecule has 0 bridgehead atoms. The molecule has 2 aromatic rings. The summed E-state index contributed by atoms with van der Waals surface area (Å²) in [6.07, 6.45) is 4.97. The molecule has 1 aromatic heterocycles. The number of rotatable bonds is 13. The lowest BCUT2D eigenvalue weighted by atomic mass is 9.90. The number of amides is 3. The Morgan fingerprint density at radius 2 is 1.70 bits per heavy atom. The molecular weight excluding hydrogens is 516 g/mol. The molecule has 216 valence electrons. The second-order valence-electron chi connectivity index (χ2n) is 11.0. The minimum Gasteiger partial charge on any atom is -0.497 e. The van der Waals surface area contributed by atoms with Gasteiger partial charge in [-0.2, -0.15) is 0 Å². The number of nitrogens with one attached hydrogen (secondary N) is 3. The first-order valence-electron chi connectivity index (χ1n) is 13.7. The van der Waals surface area contributed by atoms with E-state index in [4.69, 9.17) is 14.0 Å². The molecule has 1 saturated heterocycles. The minimum absolute atomic E-state index is 0.0197. The highest BCUT2D eigenvalue weighted by atomic mass is 16.6. The number of hydrogen-bond acceptors (Lipinski definition) is 8. The average molecular weight is 555 g/mol. The molecule has 0 radical (unpaired) electrons. The number of ketones is 1. The van der Waals surface area contributed by atoms with Gasteiger partial charge in [0, 0.05) is 12.5 Å². The number of carbonyl (C=O) groups excluding carboxylic acids is 4. The van der Waals surface area contributed by atoms with Gasteiger partial charge < -0.3 is 29.9 Å². The van der Waals surface area contributed by atoms with E-state index in [9.17, 15) is 19.2 Å². The van der Waals surface area contributed by atoms with Crippen LogP contribution in [0.3, 0.4) is 0 Å². The molecule has 3 amide bonds. The molecule has 4 atom stereocenters. The smallest absolute Gasteiger partial charge is 0.290 e. The summed E-state index contributed by atoms with van der Waals surface area (Å²) in [6, 6.07) is 5.93. The number of nitrogens with zero attached hydrogens (tertiary/aromatic N) is 1. The van der Waals surface area contributed by atoms with E-state index >= 15 is 0 Å². The van der Waals surface area contributed by atoms with Crippen LogP contribution in [-0.2, 0) is 25.5 Å². The Kier molecular flexibility index (Phi) is 9.24. The third-order valence-corrected chi connectivity index (χ3v) is 7.60. The summed E-state index contributed by atoms with van der Waals surface area (Å²) in [7, 11) is 1.56. The molecule has 1 aliphatic carbocycles. The van der Waals surface area contributed by atoms with Crippen LogP contribution >= 0.6 is 0 Å². The number of ether oxygens (including phenoxy) is 2. The fraction of sp³-hybridized carbons (Fsp3) is 0.552. The second-order valence-corrected chi connectivity index (χ2v) is 11.0. The van der Waals surface area contributed by atoms with Crippen molar-refractivity contribution in [2.75, 3.05) is 13.7 Å². The van der Waals surface area contributed by atoms with Gasteiger partial charge >= 0.3 is 0 Å². The fourth-order valence-corrected chi connectivity index (χ4v) is 5.01. The largest absolute Gasteiger partial charge is 0.497 e. The summed E-state index contributed by atoms with van der Waals surface area (Å²) in [5.41, 5.74) is 0.431. The van der Waals surface area contributed by atoms with Crippen molar-refractivity contribution in [3.05, 3.63) is 47.3 Å². The molecule has 1 saturated carbocycles. The highest BCUT2D eigenvalue weighted by molar-refractivity contribution is 5.99. The third-order valence-electron chi connectivity index (χ3n) is 7.60. The second kappa shape index (κ2) is 12.6. The van der Waals surface area contributed by atoms with Gasteiger partial charge in [0.05, 0.1) is 25.5 Å². The number of aryl methyl sites for hydroxylation is 1. The zero-order valence-electron chi connectivity index (χ0n) is 23.5. The third kappa shape index (κ3) is 7.47. The monoisotopic (exact) mass is 554 g/mol. The van der Waals surface area contributed by atoms with Crippen LogP contribution in [-0.4, -0.2) is 66.1 Å². The van der Waals surface area contributed by atoms with Crippen molar-refractivity contribution in [1.29, 1.82) is 0 Å². The Labute approximate surface area is 233 Å². The summed E-state index contributed by atoms with van der Waals surface area (Å²) in [5, 5.41) is 11.9. The van der Waals surface area contributed by atoms with Gasteiger partial charge in [-0.1, -0.05) is 43.0 Å². The standard InChI is InChI=1S/C29H38N4O7/c1-17-13-24(40-33-17)28(37)30-18(2)26(35)32-23(15-20-9-11-21(38-4)12-10-20)27(36)31-22(14-19-7-5-6-8-19)25(34)29(3)16-39-29/h9-13,18-19,22-23H,5-8,14-16H2,1-4H3,(H,30,37)(H,31,36)(H,32,35). The molecule has 2 aliphatic rings. The molecule has 0 spiro atoms. The van der Waals surface area contributed by atoms with E-state index in [0.717, 1.165) is 31.2 Å². The van der Waals surface area contributed by atoms with E-state index in [0.29, 0.717) is 30.4 Å². The molecule has 40 heavy (non-hydrogen) atoms. The molecular formula is C29H38N4O7. The van der Waals surface area contributed by atoms with Crippen molar-refractivity contribution in [2.45, 2.75) is 83.0 Å². The average Bonchev–Trinajstić information content (AvgIpc) is 3.28. The number of Topliss-reactive ketones (excluding diaryl/α,β-unsaturated/α-hetero) is 1. The summed E-state index contributed by atoms with van der Waals surface area (Å²) in [6.45, 7) is 5.26. The van der Waals surface area contributed by atoms with E-state index < -0.39 is 41.4 Å². The number of benzene rings is 1. The maximum absolute atomic E-state index is 13.7. The fourth-order valence-electron chi connectivity index (χ4n) is 5.01. The first kappa shape index (κ1) is 29.3. The van der Waals surface area contributed by atoms with Crippen molar-refractivity contribution in [1.82, 2.24) is 21.1 Å². The van der Waals surface area contributed by atoms with E-state index in [1.807, 2.05) is 12.1 Å². The van der Waals surface area contributed by atoms with Gasteiger partial charge in [-0.05, 0) is 50.8 Å². The topological polar surface area (TPSA) is 152 Å². The zero-order chi connectivity index (χ0) is 28.9. The van der Waals surface area contributed by atoms with Crippen LogP contribution in [0, 0.1) is 12.8 Å². The van der Waals surface area contributed by atoms with E-state index in [-0.39, 0.29) is 18.0 Å².